The fourth-order valence-corrected chi connectivity index (χ4v) is 4.22. The molecule has 2 aliphatic heterocycles. The van der Waals surface area contributed by atoms with E-state index in [1.54, 1.807) is 23.6 Å². The van der Waals surface area contributed by atoms with Crippen LogP contribution in [0.1, 0.15) is 42.0 Å². The minimum absolute atomic E-state index is 0.0256. The maximum Gasteiger partial charge on any atom is 0.253 e. The summed E-state index contributed by atoms with van der Waals surface area (Å²) < 4.78 is 0. The number of amides is 2. The lowest BCUT2D eigenvalue weighted by atomic mass is 9.89. The maximum atomic E-state index is 12.1. The summed E-state index contributed by atoms with van der Waals surface area (Å²) in [6, 6.07) is 10.7. The number of aliphatic imine (C=N–C) groups is 1. The molecule has 1 spiro atoms. The van der Waals surface area contributed by atoms with Gasteiger partial charge in [-0.15, -0.1) is 0 Å². The summed E-state index contributed by atoms with van der Waals surface area (Å²) in [4.78, 5) is 27.6. The number of carbonyl (C=O) groups is 2. The van der Waals surface area contributed by atoms with Crippen LogP contribution in [0.5, 0.6) is 5.75 Å². The number of thiol groups is 1. The number of nitrogens with one attached hydrogen (secondary N) is 3. The lowest BCUT2D eigenvalue weighted by molar-refractivity contribution is -0.124. The summed E-state index contributed by atoms with van der Waals surface area (Å²) in [5.41, 5.74) is 4.39. The molecule has 0 unspecified atom stereocenters. The highest BCUT2D eigenvalue weighted by molar-refractivity contribution is 7.83. The highest BCUT2D eigenvalue weighted by atomic mass is 32.1. The van der Waals surface area contributed by atoms with E-state index >= 15 is 0 Å². The van der Waals surface area contributed by atoms with E-state index in [0.29, 0.717) is 5.84 Å². The predicted molar refractivity (Wildman–Crippen MR) is 136 cm³/mol. The number of benzene rings is 2. The summed E-state index contributed by atoms with van der Waals surface area (Å²) in [5, 5.41) is 20.0. The Labute approximate surface area is 199 Å². The number of hydrogen-bond acceptors (Lipinski definition) is 6. The molecule has 2 aromatic rings. The van der Waals surface area contributed by atoms with Crippen molar-refractivity contribution in [3.8, 4) is 5.75 Å². The molecule has 0 radical (unpaired) electrons. The molecule has 1 saturated heterocycles. The van der Waals surface area contributed by atoms with Crippen LogP contribution >= 0.6 is 12.6 Å². The Bertz CT molecular complexity index is 1080. The molecule has 2 amide bonds. The summed E-state index contributed by atoms with van der Waals surface area (Å²) in [7, 11) is 0. The van der Waals surface area contributed by atoms with Gasteiger partial charge in [-0.3, -0.25) is 14.6 Å². The van der Waals surface area contributed by atoms with Gasteiger partial charge in [-0.1, -0.05) is 12.1 Å². The number of phenols is 1. The van der Waals surface area contributed by atoms with Crippen LogP contribution in [0.15, 0.2) is 46.8 Å². The number of phenolic OH excluding ortho intramolecular Hbond substituents is 1. The molecule has 2 heterocycles. The topological polar surface area (TPSA) is 103 Å². The Morgan fingerprint density at radius 1 is 1.18 bits per heavy atom. The summed E-state index contributed by atoms with van der Waals surface area (Å²) in [6.45, 7) is 7.16. The molecule has 8 heteroatoms. The van der Waals surface area contributed by atoms with Crippen molar-refractivity contribution in [2.75, 3.05) is 18.4 Å². The third-order valence-corrected chi connectivity index (χ3v) is 5.84. The molecule has 1 fully saturated rings. The van der Waals surface area contributed by atoms with Crippen LogP contribution in [0.2, 0.25) is 0 Å². The Hall–Kier alpha value is -3.10. The van der Waals surface area contributed by atoms with E-state index in [9.17, 15) is 14.7 Å². The van der Waals surface area contributed by atoms with Gasteiger partial charge in [-0.25, -0.2) is 0 Å². The molecule has 33 heavy (non-hydrogen) atoms. The fourth-order valence-electron chi connectivity index (χ4n) is 4.07. The van der Waals surface area contributed by atoms with Gasteiger partial charge >= 0.3 is 0 Å². The van der Waals surface area contributed by atoms with Crippen molar-refractivity contribution in [3.05, 3.63) is 64.1 Å². The molecule has 4 rings (SSSR count). The molecule has 4 N–H and O–H groups in total. The van der Waals surface area contributed by atoms with Crippen molar-refractivity contribution < 1.29 is 14.7 Å². The summed E-state index contributed by atoms with van der Waals surface area (Å²) in [6.07, 6.45) is 3.40. The van der Waals surface area contributed by atoms with Gasteiger partial charge in [0.25, 0.3) is 5.91 Å². The number of nitrogens with zero attached hydrogens (tertiary/aromatic N) is 1. The Balaban J connectivity index is 0.000000190. The second kappa shape index (κ2) is 10.7. The Kier molecular flexibility index (Phi) is 7.94. The molecule has 7 nitrogen and oxygen atoms in total. The number of anilines is 1. The zero-order chi connectivity index (χ0) is 24.0. The standard InChI is InChI=1S/C13H15N3O2.C12H15NOS/c17-10-3-1-2-9(8-10)11-15-12(18)13(16-11)4-6-14-7-5-13;1-8-6-11(13-10(3)14)7-9(2)12(8)4-5-15/h1-3,8,14,17H,4-7H2,(H,15,16,18);4-7,15H,1-3H3,(H,13,14)/b;5-4+. The first-order valence-electron chi connectivity index (χ1n) is 10.8. The zero-order valence-corrected chi connectivity index (χ0v) is 20.0. The lowest BCUT2D eigenvalue weighted by Crippen LogP contribution is -2.47. The van der Waals surface area contributed by atoms with Crippen molar-refractivity contribution in [1.29, 1.82) is 0 Å². The highest BCUT2D eigenvalue weighted by Gasteiger charge is 2.44. The van der Waals surface area contributed by atoms with Crippen LogP contribution in [-0.4, -0.2) is 41.4 Å². The molecular formula is C25H30N4O3S. The average molecular weight is 467 g/mol. The van der Waals surface area contributed by atoms with Gasteiger partial charge < -0.3 is 21.1 Å². The molecular weight excluding hydrogens is 436 g/mol. The Morgan fingerprint density at radius 3 is 2.42 bits per heavy atom. The monoisotopic (exact) mass is 466 g/mol. The van der Waals surface area contributed by atoms with Gasteiger partial charge in [0, 0.05) is 18.2 Å². The third kappa shape index (κ3) is 6.03. The number of amidine groups is 1. The van der Waals surface area contributed by atoms with Crippen LogP contribution in [0.4, 0.5) is 5.69 Å². The van der Waals surface area contributed by atoms with Crippen LogP contribution < -0.4 is 16.0 Å². The second-order valence-corrected chi connectivity index (χ2v) is 8.57. The van der Waals surface area contributed by atoms with E-state index in [4.69, 9.17) is 0 Å². The van der Waals surface area contributed by atoms with E-state index in [0.717, 1.165) is 53.9 Å². The largest absolute Gasteiger partial charge is 0.508 e. The molecule has 0 bridgehead atoms. The minimum atomic E-state index is -0.605. The van der Waals surface area contributed by atoms with Crippen molar-refractivity contribution in [3.63, 3.8) is 0 Å². The number of aromatic hydroxyl groups is 1. The van der Waals surface area contributed by atoms with Gasteiger partial charge in [0.2, 0.25) is 5.91 Å². The summed E-state index contributed by atoms with van der Waals surface area (Å²) >= 11 is 4.06. The first-order valence-corrected chi connectivity index (χ1v) is 11.4. The Morgan fingerprint density at radius 2 is 1.85 bits per heavy atom. The maximum absolute atomic E-state index is 12.1. The van der Waals surface area contributed by atoms with Crippen molar-refractivity contribution >= 4 is 42.0 Å². The van der Waals surface area contributed by atoms with E-state index in [-0.39, 0.29) is 17.6 Å². The van der Waals surface area contributed by atoms with Crippen LogP contribution in [-0.2, 0) is 9.59 Å². The fraction of sp³-hybridized carbons (Fsp3) is 0.320. The van der Waals surface area contributed by atoms with E-state index in [2.05, 4.69) is 33.6 Å². The first kappa shape index (κ1) is 24.5. The van der Waals surface area contributed by atoms with Crippen LogP contribution in [0, 0.1) is 13.8 Å². The molecule has 2 aliphatic rings. The molecule has 174 valence electrons. The average Bonchev–Trinajstić information content (AvgIpc) is 3.07. The van der Waals surface area contributed by atoms with Crippen LogP contribution in [0.3, 0.4) is 0 Å². The summed E-state index contributed by atoms with van der Waals surface area (Å²) in [5.74, 6) is 0.669. The molecule has 0 atom stereocenters. The number of hydrogen-bond donors (Lipinski definition) is 5. The van der Waals surface area contributed by atoms with E-state index in [1.807, 2.05) is 38.1 Å². The number of rotatable bonds is 3. The van der Waals surface area contributed by atoms with Crippen LogP contribution in [0.25, 0.3) is 6.08 Å². The van der Waals surface area contributed by atoms with Crippen molar-refractivity contribution in [1.82, 2.24) is 10.6 Å². The molecule has 0 saturated carbocycles. The first-order chi connectivity index (χ1) is 15.7. The van der Waals surface area contributed by atoms with Gasteiger partial charge in [0.1, 0.15) is 17.1 Å². The van der Waals surface area contributed by atoms with Gasteiger partial charge in [-0.2, -0.15) is 12.6 Å². The number of carbonyl (C=O) groups excluding carboxylic acids is 2. The van der Waals surface area contributed by atoms with Gasteiger partial charge in [0.05, 0.1) is 0 Å². The van der Waals surface area contributed by atoms with Gasteiger partial charge in [0.15, 0.2) is 0 Å². The lowest BCUT2D eigenvalue weighted by Gasteiger charge is -2.28. The smallest absolute Gasteiger partial charge is 0.253 e. The highest BCUT2D eigenvalue weighted by Crippen LogP contribution is 2.29. The predicted octanol–water partition coefficient (Wildman–Crippen LogP) is 3.55. The van der Waals surface area contributed by atoms with Crippen molar-refractivity contribution in [2.24, 2.45) is 4.99 Å². The van der Waals surface area contributed by atoms with E-state index in [1.165, 1.54) is 6.92 Å². The SMILES string of the molecule is CC(=O)Nc1cc(C)c(/C=C/S)c(C)c1.O=C1NC(c2cccc(O)c2)=NC12CCNCC2. The van der Waals surface area contributed by atoms with Crippen molar-refractivity contribution in [2.45, 2.75) is 39.2 Å². The second-order valence-electron chi connectivity index (χ2n) is 8.27. The molecule has 0 aliphatic carbocycles. The third-order valence-electron chi connectivity index (χ3n) is 5.69. The normalized spacial score (nSPS) is 16.7. The zero-order valence-electron chi connectivity index (χ0n) is 19.1. The minimum Gasteiger partial charge on any atom is -0.508 e. The van der Waals surface area contributed by atoms with Gasteiger partial charge in [-0.05, 0) is 92.2 Å². The number of piperidine rings is 1. The molecule has 2 aromatic carbocycles. The number of aryl methyl sites for hydroxylation is 2. The van der Waals surface area contributed by atoms with E-state index < -0.39 is 5.54 Å². The molecule has 0 aromatic heterocycles. The quantitative estimate of drug-likeness (QED) is 0.447.